The number of aliphatic hydroxyl groups excluding tert-OH is 1. The molecule has 0 aromatic heterocycles. The van der Waals surface area contributed by atoms with E-state index in [1.165, 1.54) is 11.1 Å². The molecule has 2 aromatic carbocycles. The van der Waals surface area contributed by atoms with E-state index >= 15 is 0 Å². The Labute approximate surface area is 188 Å². The average molecular weight is 427 g/mol. The molecule has 0 amide bonds. The van der Waals surface area contributed by atoms with Gasteiger partial charge in [-0.15, -0.1) is 0 Å². The second-order valence-corrected chi connectivity index (χ2v) is 9.98. The molecule has 2 aromatic rings. The van der Waals surface area contributed by atoms with Gasteiger partial charge in [0.25, 0.3) is 0 Å². The van der Waals surface area contributed by atoms with Crippen LogP contribution in [0.2, 0.25) is 0 Å². The number of benzene rings is 2. The summed E-state index contributed by atoms with van der Waals surface area (Å²) in [5, 5.41) is 12.8. The van der Waals surface area contributed by atoms with Crippen LogP contribution in [0.15, 0.2) is 54.6 Å². The first-order valence-electron chi connectivity index (χ1n) is 11.7. The number of aliphatic hydroxyl groups is 1. The summed E-state index contributed by atoms with van der Waals surface area (Å²) in [5.41, 5.74) is 2.51. The van der Waals surface area contributed by atoms with E-state index in [-0.39, 0.29) is 29.6 Å². The number of ether oxygens (including phenoxy) is 2. The maximum Gasteiger partial charge on any atom is 0.119 e. The Bertz CT molecular complexity index is 788. The van der Waals surface area contributed by atoms with Gasteiger partial charge >= 0.3 is 0 Å². The van der Waals surface area contributed by atoms with Crippen molar-refractivity contribution in [2.45, 2.75) is 65.2 Å². The van der Waals surface area contributed by atoms with Gasteiger partial charge in [-0.3, -0.25) is 0 Å². The Hall–Kier alpha value is -1.88. The molecule has 1 aliphatic rings. The predicted molar refractivity (Wildman–Crippen MR) is 125 cm³/mol. The van der Waals surface area contributed by atoms with Crippen molar-refractivity contribution in [1.29, 1.82) is 0 Å². The summed E-state index contributed by atoms with van der Waals surface area (Å²) in [4.78, 5) is 0. The van der Waals surface area contributed by atoms with Crippen LogP contribution < -0.4 is 10.1 Å². The fourth-order valence-electron chi connectivity index (χ4n) is 5.11. The molecule has 0 bridgehead atoms. The van der Waals surface area contributed by atoms with Crippen LogP contribution in [0.3, 0.4) is 0 Å². The van der Waals surface area contributed by atoms with Crippen LogP contribution in [-0.4, -0.2) is 36.6 Å². The van der Waals surface area contributed by atoms with E-state index < -0.39 is 0 Å². The number of rotatable bonds is 10. The Balaban J connectivity index is 1.67. The minimum Gasteiger partial charge on any atom is -0.491 e. The lowest BCUT2D eigenvalue weighted by atomic mass is 9.63. The van der Waals surface area contributed by atoms with Crippen LogP contribution >= 0.6 is 0 Å². The molecule has 0 aliphatic carbocycles. The van der Waals surface area contributed by atoms with E-state index in [0.29, 0.717) is 0 Å². The zero-order valence-electron chi connectivity index (χ0n) is 19.6. The second kappa shape index (κ2) is 10.6. The van der Waals surface area contributed by atoms with Gasteiger partial charge in [0.2, 0.25) is 0 Å². The molecular formula is C27H40NO3+. The van der Waals surface area contributed by atoms with Gasteiger partial charge in [0, 0.05) is 18.1 Å². The zero-order chi connectivity index (χ0) is 22.3. The molecule has 4 heteroatoms. The standard InChI is InChI=1S/C27H39NO3/c1-21(2)31-25-12-10-23(11-13-25)17-28-18-24(19-29)27(14-15-30-26(3,4)20-27)16-22-8-6-5-7-9-22/h5-13,21,24,28-29H,14-20H2,1-4H3/p+1/t24-,27+/m1/s1. The number of quaternary nitrogens is 1. The minimum absolute atomic E-state index is 0.0450. The van der Waals surface area contributed by atoms with E-state index in [0.717, 1.165) is 44.7 Å². The summed E-state index contributed by atoms with van der Waals surface area (Å²) < 4.78 is 11.8. The fourth-order valence-corrected chi connectivity index (χ4v) is 5.11. The molecule has 3 rings (SSSR count). The molecule has 170 valence electrons. The second-order valence-electron chi connectivity index (χ2n) is 9.98. The van der Waals surface area contributed by atoms with Gasteiger partial charge in [-0.1, -0.05) is 30.3 Å². The Kier molecular flexibility index (Phi) is 8.15. The number of nitrogens with two attached hydrogens (primary N) is 1. The highest BCUT2D eigenvalue weighted by Crippen LogP contribution is 2.46. The Morgan fingerprint density at radius 1 is 1.03 bits per heavy atom. The number of hydrogen-bond acceptors (Lipinski definition) is 3. The van der Waals surface area contributed by atoms with Gasteiger partial charge in [-0.05, 0) is 82.2 Å². The van der Waals surface area contributed by atoms with Gasteiger partial charge in [0.05, 0.1) is 24.9 Å². The maximum atomic E-state index is 10.4. The first-order chi connectivity index (χ1) is 14.8. The largest absolute Gasteiger partial charge is 0.491 e. The Morgan fingerprint density at radius 3 is 2.35 bits per heavy atom. The molecule has 2 atom stereocenters. The summed E-state index contributed by atoms with van der Waals surface area (Å²) in [6, 6.07) is 19.1. The zero-order valence-corrected chi connectivity index (χ0v) is 19.6. The lowest BCUT2D eigenvalue weighted by Gasteiger charge is -2.48. The molecule has 1 aliphatic heterocycles. The topological polar surface area (TPSA) is 55.3 Å². The van der Waals surface area contributed by atoms with Gasteiger partial charge in [-0.25, -0.2) is 0 Å². The van der Waals surface area contributed by atoms with E-state index in [9.17, 15) is 5.11 Å². The quantitative estimate of drug-likeness (QED) is 0.605. The van der Waals surface area contributed by atoms with E-state index in [1.54, 1.807) is 0 Å². The van der Waals surface area contributed by atoms with Crippen molar-refractivity contribution in [3.05, 3.63) is 65.7 Å². The van der Waals surface area contributed by atoms with Crippen molar-refractivity contribution in [2.75, 3.05) is 19.8 Å². The molecule has 0 unspecified atom stereocenters. The summed E-state index contributed by atoms with van der Waals surface area (Å²) in [6.07, 6.45) is 3.13. The van der Waals surface area contributed by atoms with E-state index in [2.05, 4.69) is 61.6 Å². The predicted octanol–water partition coefficient (Wildman–Crippen LogP) is 3.96. The summed E-state index contributed by atoms with van der Waals surface area (Å²) in [6.45, 7) is 11.2. The summed E-state index contributed by atoms with van der Waals surface area (Å²) in [7, 11) is 0. The van der Waals surface area contributed by atoms with Crippen molar-refractivity contribution in [1.82, 2.24) is 0 Å². The van der Waals surface area contributed by atoms with Crippen molar-refractivity contribution < 1.29 is 19.9 Å². The average Bonchev–Trinajstić information content (AvgIpc) is 2.72. The molecule has 31 heavy (non-hydrogen) atoms. The third-order valence-corrected chi connectivity index (χ3v) is 6.48. The third-order valence-electron chi connectivity index (χ3n) is 6.48. The van der Waals surface area contributed by atoms with Crippen molar-refractivity contribution >= 4 is 0 Å². The molecule has 0 radical (unpaired) electrons. The summed E-state index contributed by atoms with van der Waals surface area (Å²) >= 11 is 0. The molecule has 1 saturated heterocycles. The molecule has 0 spiro atoms. The van der Waals surface area contributed by atoms with Crippen LogP contribution in [0.1, 0.15) is 51.7 Å². The van der Waals surface area contributed by atoms with E-state index in [1.807, 2.05) is 26.0 Å². The molecule has 4 nitrogen and oxygen atoms in total. The molecule has 1 heterocycles. The van der Waals surface area contributed by atoms with E-state index in [4.69, 9.17) is 9.47 Å². The van der Waals surface area contributed by atoms with Gasteiger partial charge in [0.1, 0.15) is 12.3 Å². The SMILES string of the molecule is CC(C)Oc1ccc(C[NH2+]C[C@H](CO)[C@]2(Cc3ccccc3)CCOC(C)(C)C2)cc1. The van der Waals surface area contributed by atoms with Crippen LogP contribution in [-0.2, 0) is 17.7 Å². The van der Waals surface area contributed by atoms with Crippen LogP contribution in [0.5, 0.6) is 5.75 Å². The van der Waals surface area contributed by atoms with Gasteiger partial charge in [0.15, 0.2) is 0 Å². The number of hydrogen-bond donors (Lipinski definition) is 2. The summed E-state index contributed by atoms with van der Waals surface area (Å²) in [5.74, 6) is 1.14. The first-order valence-corrected chi connectivity index (χ1v) is 11.7. The fraction of sp³-hybridized carbons (Fsp3) is 0.556. The lowest BCUT2D eigenvalue weighted by Crippen LogP contribution is -2.85. The third kappa shape index (κ3) is 6.80. The smallest absolute Gasteiger partial charge is 0.119 e. The van der Waals surface area contributed by atoms with Crippen molar-refractivity contribution in [3.8, 4) is 5.75 Å². The lowest BCUT2D eigenvalue weighted by molar-refractivity contribution is -0.678. The highest BCUT2D eigenvalue weighted by atomic mass is 16.5. The van der Waals surface area contributed by atoms with Crippen LogP contribution in [0, 0.1) is 11.3 Å². The molecular weight excluding hydrogens is 386 g/mol. The molecule has 1 fully saturated rings. The van der Waals surface area contributed by atoms with Crippen molar-refractivity contribution in [2.24, 2.45) is 11.3 Å². The highest BCUT2D eigenvalue weighted by molar-refractivity contribution is 5.26. The van der Waals surface area contributed by atoms with Crippen LogP contribution in [0.25, 0.3) is 0 Å². The molecule has 0 saturated carbocycles. The molecule has 3 N–H and O–H groups in total. The van der Waals surface area contributed by atoms with Crippen molar-refractivity contribution in [3.63, 3.8) is 0 Å². The minimum atomic E-state index is -0.160. The normalized spacial score (nSPS) is 21.7. The Morgan fingerprint density at radius 2 is 1.74 bits per heavy atom. The maximum absolute atomic E-state index is 10.4. The van der Waals surface area contributed by atoms with Crippen LogP contribution in [0.4, 0.5) is 0 Å². The monoisotopic (exact) mass is 426 g/mol. The van der Waals surface area contributed by atoms with Gasteiger partial charge in [-0.2, -0.15) is 0 Å². The highest BCUT2D eigenvalue weighted by Gasteiger charge is 2.46. The first kappa shape index (κ1) is 23.8. The van der Waals surface area contributed by atoms with Gasteiger partial charge < -0.3 is 19.9 Å².